The second kappa shape index (κ2) is 6.30. The lowest BCUT2D eigenvalue weighted by atomic mass is 10.2. The van der Waals surface area contributed by atoms with Crippen LogP contribution in [0.3, 0.4) is 0 Å². The van der Waals surface area contributed by atoms with E-state index in [1.54, 1.807) is 41.8 Å². The van der Waals surface area contributed by atoms with Gasteiger partial charge in [-0.1, -0.05) is 17.7 Å². The molecule has 2 rings (SSSR count). The van der Waals surface area contributed by atoms with Gasteiger partial charge >= 0.3 is 0 Å². The van der Waals surface area contributed by atoms with E-state index >= 15 is 0 Å². The number of benzene rings is 1. The predicted molar refractivity (Wildman–Crippen MR) is 74.8 cm³/mol. The summed E-state index contributed by atoms with van der Waals surface area (Å²) in [6.07, 6.45) is 1.62. The number of halogens is 1. The summed E-state index contributed by atoms with van der Waals surface area (Å²) < 4.78 is 0. The molecule has 0 amide bonds. The van der Waals surface area contributed by atoms with E-state index < -0.39 is 0 Å². The molecule has 0 saturated carbocycles. The topological polar surface area (TPSA) is 57.0 Å². The van der Waals surface area contributed by atoms with Crippen molar-refractivity contribution in [3.63, 3.8) is 0 Å². The van der Waals surface area contributed by atoms with Crippen molar-refractivity contribution >= 4 is 35.0 Å². The number of hydrogen-bond acceptors (Lipinski definition) is 4. The maximum absolute atomic E-state index is 9.02. The Hall–Kier alpha value is -1.69. The highest BCUT2D eigenvalue weighted by molar-refractivity contribution is 7.11. The van der Waals surface area contributed by atoms with Crippen molar-refractivity contribution in [2.24, 2.45) is 10.2 Å². The predicted octanol–water partition coefficient (Wildman–Crippen LogP) is 3.16. The third-order valence-electron chi connectivity index (χ3n) is 2.11. The normalized spacial score (nSPS) is 12.0. The Kier molecular flexibility index (Phi) is 4.46. The van der Waals surface area contributed by atoms with E-state index in [1.807, 2.05) is 23.0 Å². The maximum atomic E-state index is 9.02. The van der Waals surface area contributed by atoms with E-state index in [-0.39, 0.29) is 5.84 Å². The first-order chi connectivity index (χ1) is 8.79. The van der Waals surface area contributed by atoms with Gasteiger partial charge in [0.05, 0.1) is 6.21 Å². The molecule has 0 spiro atoms. The lowest BCUT2D eigenvalue weighted by Gasteiger charge is -2.02. The molecule has 1 aromatic carbocycles. The summed E-state index contributed by atoms with van der Waals surface area (Å²) in [6, 6.07) is 10.8. The van der Waals surface area contributed by atoms with Crippen molar-refractivity contribution in [2.45, 2.75) is 0 Å². The van der Waals surface area contributed by atoms with Crippen molar-refractivity contribution in [3.05, 3.63) is 57.2 Å². The van der Waals surface area contributed by atoms with E-state index in [1.165, 1.54) is 0 Å². The van der Waals surface area contributed by atoms with E-state index in [4.69, 9.17) is 16.8 Å². The zero-order valence-corrected chi connectivity index (χ0v) is 10.8. The average molecular weight is 280 g/mol. The Labute approximate surface area is 113 Å². The molecule has 0 unspecified atom stereocenters. The highest BCUT2D eigenvalue weighted by Gasteiger charge is 2.01. The largest absolute Gasteiger partial charge is 0.290 e. The van der Waals surface area contributed by atoms with Crippen LogP contribution >= 0.6 is 22.9 Å². The Morgan fingerprint density at radius 3 is 2.67 bits per heavy atom. The minimum absolute atomic E-state index is 0.263. The molecule has 2 aromatic rings. The maximum Gasteiger partial charge on any atom is 0.179 e. The molecular formula is C12H10ClN3OS. The van der Waals surface area contributed by atoms with Crippen molar-refractivity contribution < 1.29 is 5.21 Å². The first-order valence-electron chi connectivity index (χ1n) is 5.10. The van der Waals surface area contributed by atoms with Gasteiger partial charge in [-0.3, -0.25) is 10.7 Å². The smallest absolute Gasteiger partial charge is 0.179 e. The summed E-state index contributed by atoms with van der Waals surface area (Å²) in [4.78, 5) is 0.993. The molecular weight excluding hydrogens is 270 g/mol. The van der Waals surface area contributed by atoms with Gasteiger partial charge in [-0.15, -0.1) is 16.4 Å². The molecule has 2 N–H and O–H groups in total. The van der Waals surface area contributed by atoms with Crippen LogP contribution in [0.15, 0.2) is 52.0 Å². The average Bonchev–Trinajstić information content (AvgIpc) is 2.89. The highest BCUT2D eigenvalue weighted by Crippen LogP contribution is 2.10. The van der Waals surface area contributed by atoms with Gasteiger partial charge in [-0.05, 0) is 35.7 Å². The summed E-state index contributed by atoms with van der Waals surface area (Å²) in [5, 5.41) is 19.4. The minimum atomic E-state index is 0.263. The van der Waals surface area contributed by atoms with Crippen LogP contribution in [0.1, 0.15) is 10.4 Å². The molecule has 0 fully saturated rings. The number of hydroxylamine groups is 1. The number of rotatable bonds is 3. The van der Waals surface area contributed by atoms with Crippen LogP contribution in [0.5, 0.6) is 0 Å². The van der Waals surface area contributed by atoms with Crippen molar-refractivity contribution in [1.82, 2.24) is 5.48 Å². The van der Waals surface area contributed by atoms with Gasteiger partial charge in [0.25, 0.3) is 0 Å². The number of amidine groups is 1. The SMILES string of the molecule is ON/C(=N/N=C/c1cccs1)c1ccc(Cl)cc1. The first kappa shape index (κ1) is 12.8. The molecule has 6 heteroatoms. The Morgan fingerprint density at radius 1 is 1.28 bits per heavy atom. The summed E-state index contributed by atoms with van der Waals surface area (Å²) >= 11 is 7.34. The molecule has 0 atom stereocenters. The number of hydrogen-bond donors (Lipinski definition) is 2. The Morgan fingerprint density at radius 2 is 2.06 bits per heavy atom. The second-order valence-electron chi connectivity index (χ2n) is 3.33. The van der Waals surface area contributed by atoms with Crippen LogP contribution in [0, 0.1) is 0 Å². The Balaban J connectivity index is 2.15. The summed E-state index contributed by atoms with van der Waals surface area (Å²) in [6.45, 7) is 0. The number of nitrogens with one attached hydrogen (secondary N) is 1. The van der Waals surface area contributed by atoms with Gasteiger partial charge in [0.1, 0.15) is 0 Å². The third-order valence-corrected chi connectivity index (χ3v) is 3.17. The molecule has 0 aliphatic rings. The summed E-state index contributed by atoms with van der Waals surface area (Å²) in [5.74, 6) is 0.263. The molecule has 0 aliphatic carbocycles. The van der Waals surface area contributed by atoms with E-state index in [0.717, 1.165) is 4.88 Å². The van der Waals surface area contributed by atoms with Crippen LogP contribution in [0.2, 0.25) is 5.02 Å². The lowest BCUT2D eigenvalue weighted by molar-refractivity contribution is 0.234. The van der Waals surface area contributed by atoms with Crippen LogP contribution in [0.4, 0.5) is 0 Å². The fourth-order valence-electron chi connectivity index (χ4n) is 1.26. The van der Waals surface area contributed by atoms with Gasteiger partial charge in [-0.25, -0.2) is 0 Å². The molecule has 1 heterocycles. The molecule has 1 aromatic heterocycles. The number of thiophene rings is 1. The Bertz CT molecular complexity index is 549. The molecule has 4 nitrogen and oxygen atoms in total. The van der Waals surface area contributed by atoms with Crippen LogP contribution in [0.25, 0.3) is 0 Å². The minimum Gasteiger partial charge on any atom is -0.290 e. The lowest BCUT2D eigenvalue weighted by Crippen LogP contribution is -2.19. The molecule has 92 valence electrons. The fraction of sp³-hybridized carbons (Fsp3) is 0. The van der Waals surface area contributed by atoms with Gasteiger partial charge in [-0.2, -0.15) is 5.10 Å². The van der Waals surface area contributed by atoms with Crippen LogP contribution in [-0.2, 0) is 0 Å². The van der Waals surface area contributed by atoms with Crippen LogP contribution in [-0.4, -0.2) is 17.3 Å². The summed E-state index contributed by atoms with van der Waals surface area (Å²) in [7, 11) is 0. The van der Waals surface area contributed by atoms with Crippen molar-refractivity contribution in [3.8, 4) is 0 Å². The zero-order chi connectivity index (χ0) is 12.8. The molecule has 0 radical (unpaired) electrons. The standard InChI is InChI=1S/C12H10ClN3OS/c13-10-5-3-9(4-6-10)12(16-17)15-14-8-11-2-1-7-18-11/h1-8,17H,(H,15,16)/b14-8+. The van der Waals surface area contributed by atoms with Crippen LogP contribution < -0.4 is 5.48 Å². The van der Waals surface area contributed by atoms with Gasteiger partial charge in [0, 0.05) is 15.5 Å². The van der Waals surface area contributed by atoms with Crippen molar-refractivity contribution in [1.29, 1.82) is 0 Å². The quantitative estimate of drug-likeness (QED) is 0.515. The molecule has 0 bridgehead atoms. The second-order valence-corrected chi connectivity index (χ2v) is 4.74. The fourth-order valence-corrected chi connectivity index (χ4v) is 1.97. The summed E-state index contributed by atoms with van der Waals surface area (Å²) in [5.41, 5.74) is 2.71. The van der Waals surface area contributed by atoms with E-state index in [2.05, 4.69) is 10.2 Å². The third kappa shape index (κ3) is 3.40. The number of nitrogens with zero attached hydrogens (tertiary/aromatic N) is 2. The molecule has 18 heavy (non-hydrogen) atoms. The van der Waals surface area contributed by atoms with Gasteiger partial charge in [0.15, 0.2) is 5.84 Å². The van der Waals surface area contributed by atoms with E-state index in [0.29, 0.717) is 10.6 Å². The highest BCUT2D eigenvalue weighted by atomic mass is 35.5. The molecule has 0 saturated heterocycles. The monoisotopic (exact) mass is 279 g/mol. The first-order valence-corrected chi connectivity index (χ1v) is 6.36. The van der Waals surface area contributed by atoms with E-state index in [9.17, 15) is 0 Å². The van der Waals surface area contributed by atoms with Gasteiger partial charge < -0.3 is 0 Å². The van der Waals surface area contributed by atoms with Crippen molar-refractivity contribution in [2.75, 3.05) is 0 Å². The van der Waals surface area contributed by atoms with Gasteiger partial charge in [0.2, 0.25) is 0 Å². The molecule has 0 aliphatic heterocycles. The zero-order valence-electron chi connectivity index (χ0n) is 9.25.